The van der Waals surface area contributed by atoms with E-state index < -0.39 is 10.5 Å². The summed E-state index contributed by atoms with van der Waals surface area (Å²) in [6.07, 6.45) is 0. The van der Waals surface area contributed by atoms with Crippen LogP contribution in [0.3, 0.4) is 0 Å². The van der Waals surface area contributed by atoms with E-state index in [0.717, 1.165) is 10.8 Å². The maximum atomic E-state index is 13.0. The van der Waals surface area contributed by atoms with Crippen molar-refractivity contribution in [2.24, 2.45) is 0 Å². The van der Waals surface area contributed by atoms with Gasteiger partial charge in [-0.2, -0.15) is 10.5 Å². The predicted molar refractivity (Wildman–Crippen MR) is 124 cm³/mol. The molecule has 2 atom stereocenters. The Morgan fingerprint density at radius 1 is 0.636 bits per heavy atom. The quantitative estimate of drug-likeness (QED) is 0.216. The van der Waals surface area contributed by atoms with Crippen LogP contribution in [0.25, 0.3) is 43.9 Å². The minimum atomic E-state index is -1.03. The van der Waals surface area contributed by atoms with Crippen LogP contribution in [0.15, 0.2) is 89.7 Å². The molecule has 33 heavy (non-hydrogen) atoms. The van der Waals surface area contributed by atoms with Gasteiger partial charge >= 0.3 is 0 Å². The first-order chi connectivity index (χ1) is 15.9. The molecule has 4 aromatic carbocycles. The van der Waals surface area contributed by atoms with Gasteiger partial charge in [0.05, 0.1) is 0 Å². The zero-order valence-electron chi connectivity index (χ0n) is 17.2. The first-order valence-corrected chi connectivity index (χ1v) is 10.2. The van der Waals surface area contributed by atoms with Crippen LogP contribution in [0.4, 0.5) is 11.4 Å². The minimum absolute atomic E-state index is 0.163. The third-order valence-electron chi connectivity index (χ3n) is 5.76. The number of para-hydroxylation sites is 2. The maximum Gasteiger partial charge on any atom is 0.256 e. The average molecular weight is 441 g/mol. The molecule has 0 saturated carbocycles. The molecule has 0 aliphatic heterocycles. The molecular formula is C25H19N3O5. The lowest BCUT2D eigenvalue weighted by atomic mass is 9.97. The first-order valence-electron chi connectivity index (χ1n) is 10.2. The van der Waals surface area contributed by atoms with Crippen LogP contribution < -0.4 is 16.0 Å². The second-order valence-electron chi connectivity index (χ2n) is 7.68. The lowest BCUT2D eigenvalue weighted by Gasteiger charge is -2.16. The van der Waals surface area contributed by atoms with E-state index in [1.165, 1.54) is 6.07 Å². The fourth-order valence-corrected chi connectivity index (χ4v) is 4.22. The number of hydrogen-bond donors (Lipinski definition) is 5. The standard InChI is InChI=1S/C25H19N3O5/c29-25-21-13-15(17-5-1-3-7-23(17)27(30)31)9-11-19(21)20-12-10-16(14-22(20)26-25)18-6-2-4-8-24(18)28(32)33/h1-14,27-28,30,32H,(H,26,29). The molecule has 0 radical (unpaired) electrons. The minimum Gasteiger partial charge on any atom is -0.595 e. The molecule has 0 amide bonds. The predicted octanol–water partition coefficient (Wildman–Crippen LogP) is 2.82. The molecule has 0 aliphatic rings. The normalized spacial score (nSPS) is 13.3. The van der Waals surface area contributed by atoms with E-state index in [4.69, 9.17) is 0 Å². The molecule has 5 N–H and O–H groups in total. The van der Waals surface area contributed by atoms with E-state index in [1.807, 2.05) is 18.2 Å². The highest BCUT2D eigenvalue weighted by Gasteiger charge is 2.15. The highest BCUT2D eigenvalue weighted by atomic mass is 16.8. The van der Waals surface area contributed by atoms with Gasteiger partial charge in [-0.1, -0.05) is 48.5 Å². The highest BCUT2D eigenvalue weighted by molar-refractivity contribution is 6.07. The number of aromatic nitrogens is 1. The first kappa shape index (κ1) is 21.0. The van der Waals surface area contributed by atoms with Crippen molar-refractivity contribution in [1.82, 2.24) is 4.98 Å². The topological polar surface area (TPSA) is 128 Å². The van der Waals surface area contributed by atoms with Crippen molar-refractivity contribution in [3.05, 3.63) is 106 Å². The highest BCUT2D eigenvalue weighted by Crippen LogP contribution is 2.32. The fraction of sp³-hybridized carbons (Fsp3) is 0. The van der Waals surface area contributed by atoms with Gasteiger partial charge < -0.3 is 15.4 Å². The number of quaternary nitrogens is 2. The molecule has 2 unspecified atom stereocenters. The number of benzene rings is 4. The SMILES string of the molecule is O=c1[nH]c2cc(-c3ccccc3[NH+]([O-])O)ccc2c2ccc(-c3ccccc3[NH+]([O-])O)cc12. The van der Waals surface area contributed by atoms with Crippen molar-refractivity contribution in [3.8, 4) is 22.3 Å². The summed E-state index contributed by atoms with van der Waals surface area (Å²) in [6, 6.07) is 24.1. The lowest BCUT2D eigenvalue weighted by molar-refractivity contribution is -0.991. The Morgan fingerprint density at radius 3 is 1.73 bits per heavy atom. The van der Waals surface area contributed by atoms with Crippen molar-refractivity contribution in [2.45, 2.75) is 0 Å². The third-order valence-corrected chi connectivity index (χ3v) is 5.76. The molecule has 0 aliphatic carbocycles. The summed E-state index contributed by atoms with van der Waals surface area (Å²) in [5.74, 6) is 0. The zero-order valence-corrected chi connectivity index (χ0v) is 17.2. The summed E-state index contributed by atoms with van der Waals surface area (Å²) in [7, 11) is 0. The summed E-state index contributed by atoms with van der Waals surface area (Å²) < 4.78 is 0. The molecule has 0 fully saturated rings. The zero-order chi connectivity index (χ0) is 23.1. The third kappa shape index (κ3) is 3.69. The van der Waals surface area contributed by atoms with Crippen molar-refractivity contribution in [2.75, 3.05) is 0 Å². The monoisotopic (exact) mass is 441 g/mol. The Balaban J connectivity index is 1.69. The summed E-state index contributed by atoms with van der Waals surface area (Å²) in [4.78, 5) is 15.8. The van der Waals surface area contributed by atoms with Crippen LogP contribution >= 0.6 is 0 Å². The lowest BCUT2D eigenvalue weighted by Crippen LogP contribution is -2.99. The summed E-state index contributed by atoms with van der Waals surface area (Å²) in [5.41, 5.74) is 3.04. The van der Waals surface area contributed by atoms with E-state index >= 15 is 0 Å². The maximum absolute atomic E-state index is 13.0. The Hall–Kier alpha value is -3.89. The molecule has 0 saturated heterocycles. The Labute approximate surface area is 187 Å². The van der Waals surface area contributed by atoms with E-state index in [2.05, 4.69) is 4.98 Å². The fourth-order valence-electron chi connectivity index (χ4n) is 4.22. The number of hydrogen-bond acceptors (Lipinski definition) is 5. The van der Waals surface area contributed by atoms with Crippen molar-refractivity contribution >= 4 is 33.1 Å². The molecular weight excluding hydrogens is 422 g/mol. The van der Waals surface area contributed by atoms with Crippen LogP contribution in [0, 0.1) is 10.4 Å². The second-order valence-corrected chi connectivity index (χ2v) is 7.68. The summed E-state index contributed by atoms with van der Waals surface area (Å²) >= 11 is 0. The number of pyridine rings is 1. The van der Waals surface area contributed by atoms with E-state index in [1.54, 1.807) is 60.7 Å². The number of aromatic amines is 1. The number of nitrogens with one attached hydrogen (secondary N) is 3. The Bertz CT molecular complexity index is 1560. The van der Waals surface area contributed by atoms with Crippen LogP contribution in [0.5, 0.6) is 0 Å². The Kier molecular flexibility index (Phi) is 5.23. The number of fused-ring (bicyclic) bond motifs is 3. The number of H-pyrrole nitrogens is 1. The van der Waals surface area contributed by atoms with Crippen LogP contribution in [-0.4, -0.2) is 15.4 Å². The van der Waals surface area contributed by atoms with Crippen LogP contribution in [-0.2, 0) is 0 Å². The summed E-state index contributed by atoms with van der Waals surface area (Å²) in [6.45, 7) is 0. The van der Waals surface area contributed by atoms with Gasteiger partial charge in [0.15, 0.2) is 11.4 Å². The smallest absolute Gasteiger partial charge is 0.256 e. The molecule has 164 valence electrons. The second kappa shape index (κ2) is 8.23. The van der Waals surface area contributed by atoms with Crippen LogP contribution in [0.2, 0.25) is 0 Å². The number of rotatable bonds is 4. The molecule has 1 aromatic heterocycles. The summed E-state index contributed by atoms with van der Waals surface area (Å²) in [5, 5.41) is 42.1. The van der Waals surface area contributed by atoms with Crippen molar-refractivity contribution < 1.29 is 20.9 Å². The van der Waals surface area contributed by atoms with Gasteiger partial charge in [-0.15, -0.1) is 0 Å². The van der Waals surface area contributed by atoms with Crippen molar-refractivity contribution in [3.63, 3.8) is 0 Å². The van der Waals surface area contributed by atoms with Gasteiger partial charge in [-0.25, -0.2) is 10.4 Å². The van der Waals surface area contributed by atoms with Crippen molar-refractivity contribution in [1.29, 1.82) is 0 Å². The van der Waals surface area contributed by atoms with Gasteiger partial charge in [0.1, 0.15) is 0 Å². The van der Waals surface area contributed by atoms with Gasteiger partial charge in [0.25, 0.3) is 5.56 Å². The molecule has 1 heterocycles. The van der Waals surface area contributed by atoms with E-state index in [9.17, 15) is 25.6 Å². The van der Waals surface area contributed by atoms with Crippen LogP contribution in [0.1, 0.15) is 0 Å². The van der Waals surface area contributed by atoms with Gasteiger partial charge in [0.2, 0.25) is 0 Å². The van der Waals surface area contributed by atoms with Gasteiger partial charge in [-0.05, 0) is 40.8 Å². The molecule has 8 heteroatoms. The van der Waals surface area contributed by atoms with E-state index in [-0.39, 0.29) is 16.9 Å². The largest absolute Gasteiger partial charge is 0.595 e. The van der Waals surface area contributed by atoms with E-state index in [0.29, 0.717) is 33.2 Å². The average Bonchev–Trinajstić information content (AvgIpc) is 2.83. The molecule has 5 rings (SSSR count). The van der Waals surface area contributed by atoms with Gasteiger partial charge in [-0.3, -0.25) is 4.79 Å². The molecule has 8 nitrogen and oxygen atoms in total. The Morgan fingerprint density at radius 2 is 1.15 bits per heavy atom. The molecule has 0 spiro atoms. The molecule has 5 aromatic rings. The van der Waals surface area contributed by atoms with Gasteiger partial charge in [0, 0.05) is 39.5 Å². The molecule has 0 bridgehead atoms.